The smallest absolute Gasteiger partial charge is 0.170 e. The third-order valence-electron chi connectivity index (χ3n) is 2.20. The molecule has 0 aliphatic rings. The van der Waals surface area contributed by atoms with Crippen molar-refractivity contribution in [1.29, 1.82) is 0 Å². The van der Waals surface area contributed by atoms with E-state index < -0.39 is 0 Å². The molecule has 0 bridgehead atoms. The molecule has 4 nitrogen and oxygen atoms in total. The van der Waals surface area contributed by atoms with Gasteiger partial charge in [-0.1, -0.05) is 21.1 Å². The minimum absolute atomic E-state index is 0.361. The van der Waals surface area contributed by atoms with E-state index in [1.807, 2.05) is 24.3 Å². The second-order valence-corrected chi connectivity index (χ2v) is 4.15. The fourth-order valence-corrected chi connectivity index (χ4v) is 1.77. The number of aromatic nitrogens is 1. The van der Waals surface area contributed by atoms with Gasteiger partial charge >= 0.3 is 0 Å². The molecule has 5 heteroatoms. The van der Waals surface area contributed by atoms with Crippen LogP contribution in [0.3, 0.4) is 0 Å². The van der Waals surface area contributed by atoms with Crippen molar-refractivity contribution in [2.24, 2.45) is 5.73 Å². The second kappa shape index (κ2) is 4.67. The maximum absolute atomic E-state index is 5.48. The molecule has 0 atom stereocenters. The van der Waals surface area contributed by atoms with Gasteiger partial charge in [-0.15, -0.1) is 0 Å². The second-order valence-electron chi connectivity index (χ2n) is 3.23. The molecular weight excluding hydrogens is 272 g/mol. The van der Waals surface area contributed by atoms with E-state index in [0.717, 1.165) is 21.5 Å². The molecule has 0 spiro atoms. The molecule has 0 saturated heterocycles. The van der Waals surface area contributed by atoms with Crippen molar-refractivity contribution in [1.82, 2.24) is 5.16 Å². The first-order chi connectivity index (χ1) is 7.74. The van der Waals surface area contributed by atoms with Gasteiger partial charge in [-0.05, 0) is 18.2 Å². The molecule has 0 unspecified atom stereocenters. The summed E-state index contributed by atoms with van der Waals surface area (Å²) >= 11 is 3.40. The van der Waals surface area contributed by atoms with Crippen LogP contribution in [0.5, 0.6) is 5.75 Å². The zero-order valence-electron chi connectivity index (χ0n) is 8.74. The molecule has 1 aromatic carbocycles. The molecule has 2 N–H and O–H groups in total. The summed E-state index contributed by atoms with van der Waals surface area (Å²) in [6, 6.07) is 7.50. The summed E-state index contributed by atoms with van der Waals surface area (Å²) in [5.41, 5.74) is 7.05. The SMILES string of the molecule is COc1ccc(Br)cc1-c1cc(CN)no1. The standard InChI is InChI=1S/C11H11BrN2O2/c1-15-10-3-2-7(12)4-9(10)11-5-8(6-13)14-16-11/h2-5H,6,13H2,1H3. The molecular formula is C11H11BrN2O2. The predicted octanol–water partition coefficient (Wildman–Crippen LogP) is 2.57. The van der Waals surface area contributed by atoms with Crippen LogP contribution in [0.1, 0.15) is 5.69 Å². The van der Waals surface area contributed by atoms with E-state index in [0.29, 0.717) is 12.3 Å². The van der Waals surface area contributed by atoms with Crippen LogP contribution < -0.4 is 10.5 Å². The number of hydrogen-bond donors (Lipinski definition) is 1. The van der Waals surface area contributed by atoms with Crippen molar-refractivity contribution in [3.05, 3.63) is 34.4 Å². The Balaban J connectivity index is 2.49. The lowest BCUT2D eigenvalue weighted by atomic mass is 10.1. The van der Waals surface area contributed by atoms with Gasteiger partial charge in [0.2, 0.25) is 0 Å². The van der Waals surface area contributed by atoms with Crippen molar-refractivity contribution in [3.63, 3.8) is 0 Å². The number of halogens is 1. The minimum atomic E-state index is 0.361. The lowest BCUT2D eigenvalue weighted by Crippen LogP contribution is -1.94. The third kappa shape index (κ3) is 2.10. The molecule has 16 heavy (non-hydrogen) atoms. The molecule has 0 fully saturated rings. The molecule has 1 heterocycles. The molecule has 1 aromatic heterocycles. The predicted molar refractivity (Wildman–Crippen MR) is 64.1 cm³/mol. The van der Waals surface area contributed by atoms with Gasteiger partial charge in [-0.25, -0.2) is 0 Å². The Morgan fingerprint density at radius 2 is 2.25 bits per heavy atom. The molecule has 2 rings (SSSR count). The lowest BCUT2D eigenvalue weighted by molar-refractivity contribution is 0.403. The molecule has 0 saturated carbocycles. The quantitative estimate of drug-likeness (QED) is 0.940. The van der Waals surface area contributed by atoms with Crippen LogP contribution in [0.25, 0.3) is 11.3 Å². The van der Waals surface area contributed by atoms with Gasteiger partial charge in [-0.3, -0.25) is 0 Å². The van der Waals surface area contributed by atoms with Gasteiger partial charge in [0.15, 0.2) is 5.76 Å². The molecule has 2 aromatic rings. The Morgan fingerprint density at radius 1 is 1.44 bits per heavy atom. The highest BCUT2D eigenvalue weighted by Crippen LogP contribution is 2.32. The monoisotopic (exact) mass is 282 g/mol. The average molecular weight is 283 g/mol. The minimum Gasteiger partial charge on any atom is -0.496 e. The Bertz CT molecular complexity index is 496. The van der Waals surface area contributed by atoms with E-state index in [4.69, 9.17) is 15.0 Å². The third-order valence-corrected chi connectivity index (χ3v) is 2.69. The summed E-state index contributed by atoms with van der Waals surface area (Å²) in [6.07, 6.45) is 0. The fourth-order valence-electron chi connectivity index (χ4n) is 1.41. The van der Waals surface area contributed by atoms with Crippen molar-refractivity contribution in [2.45, 2.75) is 6.54 Å². The molecule has 0 aliphatic carbocycles. The molecule has 0 radical (unpaired) electrons. The molecule has 0 aliphatic heterocycles. The van der Waals surface area contributed by atoms with Gasteiger partial charge < -0.3 is 15.0 Å². The summed E-state index contributed by atoms with van der Waals surface area (Å²) in [5, 5.41) is 3.85. The summed E-state index contributed by atoms with van der Waals surface area (Å²) in [6.45, 7) is 0.361. The molecule has 84 valence electrons. The average Bonchev–Trinajstić information content (AvgIpc) is 2.77. The number of nitrogens with zero attached hydrogens (tertiary/aromatic N) is 1. The number of rotatable bonds is 3. The number of hydrogen-bond acceptors (Lipinski definition) is 4. The van der Waals surface area contributed by atoms with Crippen molar-refractivity contribution in [3.8, 4) is 17.1 Å². The zero-order valence-corrected chi connectivity index (χ0v) is 10.3. The first-order valence-corrected chi connectivity index (χ1v) is 5.53. The Hall–Kier alpha value is -1.33. The van der Waals surface area contributed by atoms with Crippen LogP contribution in [-0.2, 0) is 6.54 Å². The van der Waals surface area contributed by atoms with E-state index in [1.165, 1.54) is 0 Å². The van der Waals surface area contributed by atoms with Crippen LogP contribution in [0.15, 0.2) is 33.3 Å². The number of ether oxygens (including phenoxy) is 1. The number of nitrogens with two attached hydrogens (primary N) is 1. The van der Waals surface area contributed by atoms with Gasteiger partial charge in [0.05, 0.1) is 18.4 Å². The Labute approximate surface area is 102 Å². The van der Waals surface area contributed by atoms with Crippen LogP contribution in [0, 0.1) is 0 Å². The van der Waals surface area contributed by atoms with Gasteiger partial charge in [0, 0.05) is 17.1 Å². The highest BCUT2D eigenvalue weighted by atomic mass is 79.9. The summed E-state index contributed by atoms with van der Waals surface area (Å²) < 4.78 is 11.4. The topological polar surface area (TPSA) is 61.3 Å². The maximum atomic E-state index is 5.48. The summed E-state index contributed by atoms with van der Waals surface area (Å²) in [7, 11) is 1.62. The normalized spacial score (nSPS) is 10.4. The van der Waals surface area contributed by atoms with Crippen LogP contribution >= 0.6 is 15.9 Å². The highest BCUT2D eigenvalue weighted by Gasteiger charge is 2.11. The van der Waals surface area contributed by atoms with E-state index in [1.54, 1.807) is 7.11 Å². The largest absolute Gasteiger partial charge is 0.496 e. The van der Waals surface area contributed by atoms with Gasteiger partial charge in [0.1, 0.15) is 5.75 Å². The van der Waals surface area contributed by atoms with Crippen molar-refractivity contribution < 1.29 is 9.26 Å². The fraction of sp³-hybridized carbons (Fsp3) is 0.182. The maximum Gasteiger partial charge on any atom is 0.170 e. The Kier molecular flexibility index (Phi) is 3.26. The van der Waals surface area contributed by atoms with Crippen LogP contribution in [-0.4, -0.2) is 12.3 Å². The zero-order chi connectivity index (χ0) is 11.5. The van der Waals surface area contributed by atoms with Gasteiger partial charge in [-0.2, -0.15) is 0 Å². The first kappa shape index (κ1) is 11.2. The summed E-state index contributed by atoms with van der Waals surface area (Å²) in [4.78, 5) is 0. The van der Waals surface area contributed by atoms with Crippen molar-refractivity contribution in [2.75, 3.05) is 7.11 Å². The van der Waals surface area contributed by atoms with Crippen molar-refractivity contribution >= 4 is 15.9 Å². The Morgan fingerprint density at radius 3 is 2.88 bits per heavy atom. The highest BCUT2D eigenvalue weighted by molar-refractivity contribution is 9.10. The van der Waals surface area contributed by atoms with E-state index >= 15 is 0 Å². The van der Waals surface area contributed by atoms with E-state index in [2.05, 4.69) is 21.1 Å². The molecule has 0 amide bonds. The van der Waals surface area contributed by atoms with Crippen LogP contribution in [0.4, 0.5) is 0 Å². The summed E-state index contributed by atoms with van der Waals surface area (Å²) in [5.74, 6) is 1.39. The van der Waals surface area contributed by atoms with Crippen LogP contribution in [0.2, 0.25) is 0 Å². The lowest BCUT2D eigenvalue weighted by Gasteiger charge is -2.05. The van der Waals surface area contributed by atoms with E-state index in [-0.39, 0.29) is 0 Å². The first-order valence-electron chi connectivity index (χ1n) is 4.74. The van der Waals surface area contributed by atoms with E-state index in [9.17, 15) is 0 Å². The van der Waals surface area contributed by atoms with Gasteiger partial charge in [0.25, 0.3) is 0 Å². The number of benzene rings is 1. The number of methoxy groups -OCH3 is 1.